The normalized spacial score (nSPS) is 10.2. The molecule has 0 saturated heterocycles. The van der Waals surface area contributed by atoms with E-state index in [1.54, 1.807) is 4.90 Å². The number of anilines is 1. The molecule has 0 heterocycles. The molecule has 0 bridgehead atoms. The number of hydrogen-bond acceptors (Lipinski definition) is 2. The molecule has 0 aromatic heterocycles. The van der Waals surface area contributed by atoms with E-state index in [1.165, 1.54) is 0 Å². The highest BCUT2D eigenvalue weighted by atomic mass is 35.5. The molecular formula is C17H18ClNO2. The number of para-hydroxylation sites is 2. The van der Waals surface area contributed by atoms with Crippen molar-refractivity contribution in [1.29, 1.82) is 0 Å². The second kappa shape index (κ2) is 7.70. The Labute approximate surface area is 130 Å². The Morgan fingerprint density at radius 1 is 1.10 bits per heavy atom. The summed E-state index contributed by atoms with van der Waals surface area (Å²) in [4.78, 5) is 13.8. The van der Waals surface area contributed by atoms with Gasteiger partial charge in [0, 0.05) is 11.3 Å². The fraction of sp³-hybridized carbons (Fsp3) is 0.235. The molecular weight excluding hydrogens is 286 g/mol. The largest absolute Gasteiger partial charge is 0.494 e. The molecule has 0 aliphatic heterocycles. The van der Waals surface area contributed by atoms with Gasteiger partial charge in [-0.25, -0.2) is 0 Å². The van der Waals surface area contributed by atoms with Gasteiger partial charge in [0.25, 0.3) is 0 Å². The van der Waals surface area contributed by atoms with Gasteiger partial charge in [-0.3, -0.25) is 4.79 Å². The Hall–Kier alpha value is -2.00. The summed E-state index contributed by atoms with van der Waals surface area (Å²) in [6, 6.07) is 17.2. The van der Waals surface area contributed by atoms with Gasteiger partial charge >= 0.3 is 0 Å². The molecule has 1 amide bonds. The Kier molecular flexibility index (Phi) is 5.64. The van der Waals surface area contributed by atoms with Gasteiger partial charge in [0.1, 0.15) is 11.6 Å². The van der Waals surface area contributed by atoms with Crippen LogP contribution in [0.25, 0.3) is 0 Å². The fourth-order valence-electron chi connectivity index (χ4n) is 2.10. The van der Waals surface area contributed by atoms with E-state index in [2.05, 4.69) is 0 Å². The van der Waals surface area contributed by atoms with Crippen molar-refractivity contribution in [2.45, 2.75) is 13.5 Å². The summed E-state index contributed by atoms with van der Waals surface area (Å²) in [5.41, 5.74) is 1.79. The molecule has 0 radical (unpaired) electrons. The lowest BCUT2D eigenvalue weighted by atomic mass is 10.1. The number of ether oxygens (including phenoxy) is 1. The second-order valence-corrected chi connectivity index (χ2v) is 4.76. The van der Waals surface area contributed by atoms with E-state index >= 15 is 0 Å². The van der Waals surface area contributed by atoms with E-state index in [-0.39, 0.29) is 11.8 Å². The van der Waals surface area contributed by atoms with Crippen LogP contribution in [0.2, 0.25) is 0 Å². The van der Waals surface area contributed by atoms with E-state index < -0.39 is 0 Å². The van der Waals surface area contributed by atoms with E-state index in [1.807, 2.05) is 61.5 Å². The minimum atomic E-state index is -0.130. The first-order valence-electron chi connectivity index (χ1n) is 6.88. The van der Waals surface area contributed by atoms with Crippen LogP contribution in [0.1, 0.15) is 12.5 Å². The smallest absolute Gasteiger partial charge is 0.242 e. The van der Waals surface area contributed by atoms with Gasteiger partial charge in [-0.15, -0.1) is 11.6 Å². The summed E-state index contributed by atoms with van der Waals surface area (Å²) in [6.45, 7) is 2.97. The molecule has 3 nitrogen and oxygen atoms in total. The number of hydrogen-bond donors (Lipinski definition) is 0. The summed E-state index contributed by atoms with van der Waals surface area (Å²) >= 11 is 5.74. The van der Waals surface area contributed by atoms with Crippen molar-refractivity contribution in [3.05, 3.63) is 60.2 Å². The van der Waals surface area contributed by atoms with Crippen molar-refractivity contribution in [1.82, 2.24) is 0 Å². The van der Waals surface area contributed by atoms with Crippen molar-refractivity contribution >= 4 is 23.2 Å². The van der Waals surface area contributed by atoms with Crippen LogP contribution in [0.4, 0.5) is 5.69 Å². The highest BCUT2D eigenvalue weighted by Crippen LogP contribution is 2.23. The van der Waals surface area contributed by atoms with Gasteiger partial charge in [0.2, 0.25) is 5.91 Å². The van der Waals surface area contributed by atoms with E-state index in [4.69, 9.17) is 16.3 Å². The predicted octanol–water partition coefficient (Wildman–Crippen LogP) is 3.86. The van der Waals surface area contributed by atoms with E-state index in [0.717, 1.165) is 17.0 Å². The third kappa shape index (κ3) is 3.99. The second-order valence-electron chi connectivity index (χ2n) is 4.49. The Morgan fingerprint density at radius 3 is 2.43 bits per heavy atom. The Bertz CT molecular complexity index is 586. The Morgan fingerprint density at radius 2 is 1.76 bits per heavy atom. The summed E-state index contributed by atoms with van der Waals surface area (Å²) < 4.78 is 5.62. The number of benzene rings is 2. The third-order valence-corrected chi connectivity index (χ3v) is 3.31. The number of carbonyl (C=O) groups excluding carboxylic acids is 1. The molecule has 21 heavy (non-hydrogen) atoms. The number of alkyl halides is 1. The lowest BCUT2D eigenvalue weighted by Gasteiger charge is -2.23. The van der Waals surface area contributed by atoms with Crippen LogP contribution in [-0.4, -0.2) is 18.4 Å². The zero-order chi connectivity index (χ0) is 15.1. The van der Waals surface area contributed by atoms with Crippen LogP contribution in [-0.2, 0) is 11.3 Å². The maximum Gasteiger partial charge on any atom is 0.242 e. The topological polar surface area (TPSA) is 29.5 Å². The summed E-state index contributed by atoms with van der Waals surface area (Å²) in [5, 5.41) is 0. The molecule has 0 atom stereocenters. The van der Waals surface area contributed by atoms with Gasteiger partial charge in [-0.2, -0.15) is 0 Å². The van der Waals surface area contributed by atoms with Crippen LogP contribution in [0, 0.1) is 0 Å². The van der Waals surface area contributed by atoms with E-state index in [9.17, 15) is 4.79 Å². The molecule has 0 aliphatic carbocycles. The first kappa shape index (κ1) is 15.4. The number of nitrogens with zero attached hydrogens (tertiary/aromatic N) is 1. The van der Waals surface area contributed by atoms with Crippen LogP contribution < -0.4 is 9.64 Å². The van der Waals surface area contributed by atoms with Gasteiger partial charge in [-0.1, -0.05) is 36.4 Å². The fourth-order valence-corrected chi connectivity index (χ4v) is 2.25. The van der Waals surface area contributed by atoms with Crippen molar-refractivity contribution in [2.75, 3.05) is 17.4 Å². The first-order chi connectivity index (χ1) is 10.3. The monoisotopic (exact) mass is 303 g/mol. The summed E-state index contributed by atoms with van der Waals surface area (Å²) in [7, 11) is 0. The van der Waals surface area contributed by atoms with Gasteiger partial charge in [-0.05, 0) is 25.1 Å². The summed E-state index contributed by atoms with van der Waals surface area (Å²) in [6.07, 6.45) is 0. The SMILES string of the molecule is CCOc1ccccc1CN(C(=O)CCl)c1ccccc1. The zero-order valence-corrected chi connectivity index (χ0v) is 12.7. The Balaban J connectivity index is 2.30. The van der Waals surface area contributed by atoms with Gasteiger partial charge < -0.3 is 9.64 Å². The molecule has 0 N–H and O–H groups in total. The molecule has 2 aromatic rings. The minimum absolute atomic E-state index is 0.0499. The number of amides is 1. The molecule has 0 unspecified atom stereocenters. The average Bonchev–Trinajstić information content (AvgIpc) is 2.54. The first-order valence-corrected chi connectivity index (χ1v) is 7.41. The third-order valence-electron chi connectivity index (χ3n) is 3.08. The zero-order valence-electron chi connectivity index (χ0n) is 12.0. The maximum absolute atomic E-state index is 12.1. The highest BCUT2D eigenvalue weighted by molar-refractivity contribution is 6.29. The molecule has 4 heteroatoms. The van der Waals surface area contributed by atoms with Crippen LogP contribution in [0.15, 0.2) is 54.6 Å². The highest BCUT2D eigenvalue weighted by Gasteiger charge is 2.16. The van der Waals surface area contributed by atoms with Gasteiger partial charge in [0.15, 0.2) is 0 Å². The van der Waals surface area contributed by atoms with Crippen LogP contribution in [0.3, 0.4) is 0 Å². The van der Waals surface area contributed by atoms with Crippen molar-refractivity contribution in [3.63, 3.8) is 0 Å². The van der Waals surface area contributed by atoms with Gasteiger partial charge in [0.05, 0.1) is 13.2 Å². The summed E-state index contributed by atoms with van der Waals surface area (Å²) in [5.74, 6) is 0.614. The number of carbonyl (C=O) groups is 1. The quantitative estimate of drug-likeness (QED) is 0.758. The van der Waals surface area contributed by atoms with Crippen molar-refractivity contribution in [2.24, 2.45) is 0 Å². The van der Waals surface area contributed by atoms with Crippen LogP contribution in [0.5, 0.6) is 5.75 Å². The molecule has 2 rings (SSSR count). The maximum atomic E-state index is 12.1. The molecule has 0 spiro atoms. The number of halogens is 1. The lowest BCUT2D eigenvalue weighted by molar-refractivity contribution is -0.116. The molecule has 0 fully saturated rings. The molecule has 110 valence electrons. The molecule has 2 aromatic carbocycles. The van der Waals surface area contributed by atoms with Crippen LogP contribution >= 0.6 is 11.6 Å². The van der Waals surface area contributed by atoms with Crippen molar-refractivity contribution < 1.29 is 9.53 Å². The number of rotatable bonds is 6. The standard InChI is InChI=1S/C17H18ClNO2/c1-2-21-16-11-7-6-8-14(16)13-19(17(20)12-18)15-9-4-3-5-10-15/h3-11H,2,12-13H2,1H3. The lowest BCUT2D eigenvalue weighted by Crippen LogP contribution is -2.31. The van der Waals surface area contributed by atoms with Crippen molar-refractivity contribution in [3.8, 4) is 5.75 Å². The predicted molar refractivity (Wildman–Crippen MR) is 86.0 cm³/mol. The average molecular weight is 304 g/mol. The molecule has 0 aliphatic rings. The molecule has 0 saturated carbocycles. The minimum Gasteiger partial charge on any atom is -0.494 e. The van der Waals surface area contributed by atoms with E-state index in [0.29, 0.717) is 13.2 Å².